The van der Waals surface area contributed by atoms with Crippen LogP contribution in [0.15, 0.2) is 12.1 Å². The van der Waals surface area contributed by atoms with E-state index in [2.05, 4.69) is 0 Å². The fourth-order valence-electron chi connectivity index (χ4n) is 1.63. The number of benzene rings is 1. The molecule has 0 heterocycles. The summed E-state index contributed by atoms with van der Waals surface area (Å²) in [6.07, 6.45) is 0. The summed E-state index contributed by atoms with van der Waals surface area (Å²) in [5, 5.41) is 0. The molecular weight excluding hydrogens is 194 g/mol. The average Bonchev–Trinajstić information content (AvgIpc) is 2.10. The maximum Gasteiger partial charge on any atom is 0.275 e. The molecule has 0 bridgehead atoms. The zero-order chi connectivity index (χ0) is 11.8. The van der Waals surface area contributed by atoms with Crippen LogP contribution in [0.3, 0.4) is 0 Å². The molecule has 0 saturated carbocycles. The monoisotopic (exact) mass is 212 g/mol. The molecule has 0 saturated heterocycles. The van der Waals surface area contributed by atoms with Crippen molar-refractivity contribution in [2.75, 3.05) is 0 Å². The molecule has 0 aromatic heterocycles. The average molecular weight is 212 g/mol. The van der Waals surface area contributed by atoms with Crippen molar-refractivity contribution in [3.05, 3.63) is 34.4 Å². The molecule has 0 N–H and O–H groups in total. The first-order chi connectivity index (χ1) is 6.76. The molecular formula is C13H18F2. The molecule has 0 aliphatic heterocycles. The fourth-order valence-corrected chi connectivity index (χ4v) is 1.63. The summed E-state index contributed by atoms with van der Waals surface area (Å²) in [6.45, 7) is 8.66. The Bertz CT molecular complexity index is 365. The number of hydrogen-bond acceptors (Lipinski definition) is 0. The van der Waals surface area contributed by atoms with Gasteiger partial charge in [-0.2, -0.15) is 0 Å². The number of alkyl halides is 2. The third-order valence-electron chi connectivity index (χ3n) is 2.92. The van der Waals surface area contributed by atoms with Crippen LogP contribution in [0, 0.1) is 26.7 Å². The quantitative estimate of drug-likeness (QED) is 0.683. The SMILES string of the molecule is Cc1cc(C)c(C(F)(F)C(C)C)cc1C. The van der Waals surface area contributed by atoms with Gasteiger partial charge in [0.1, 0.15) is 0 Å². The van der Waals surface area contributed by atoms with Crippen molar-refractivity contribution in [2.24, 2.45) is 5.92 Å². The van der Waals surface area contributed by atoms with Crippen LogP contribution in [0.4, 0.5) is 8.78 Å². The topological polar surface area (TPSA) is 0 Å². The van der Waals surface area contributed by atoms with E-state index in [-0.39, 0.29) is 5.56 Å². The molecule has 0 radical (unpaired) electrons. The molecule has 1 rings (SSSR count). The van der Waals surface area contributed by atoms with Gasteiger partial charge in [0.2, 0.25) is 0 Å². The Morgan fingerprint density at radius 1 is 0.933 bits per heavy atom. The lowest BCUT2D eigenvalue weighted by Crippen LogP contribution is -2.22. The first-order valence-corrected chi connectivity index (χ1v) is 5.23. The standard InChI is InChI=1S/C13H18F2/c1-8(2)13(14,15)12-7-10(4)9(3)6-11(12)5/h6-8H,1-5H3. The minimum absolute atomic E-state index is 0.167. The second-order valence-electron chi connectivity index (χ2n) is 4.53. The lowest BCUT2D eigenvalue weighted by molar-refractivity contribution is -0.0519. The van der Waals surface area contributed by atoms with Gasteiger partial charge in [-0.25, -0.2) is 8.78 Å². The van der Waals surface area contributed by atoms with E-state index in [9.17, 15) is 8.78 Å². The molecule has 84 valence electrons. The second-order valence-corrected chi connectivity index (χ2v) is 4.53. The maximum absolute atomic E-state index is 13.9. The smallest absolute Gasteiger partial charge is 0.201 e. The first kappa shape index (κ1) is 12.2. The maximum atomic E-state index is 13.9. The van der Waals surface area contributed by atoms with Crippen LogP contribution in [-0.4, -0.2) is 0 Å². The van der Waals surface area contributed by atoms with Crippen LogP contribution >= 0.6 is 0 Å². The fraction of sp³-hybridized carbons (Fsp3) is 0.538. The lowest BCUT2D eigenvalue weighted by atomic mass is 9.91. The summed E-state index contributed by atoms with van der Waals surface area (Å²) in [6, 6.07) is 3.45. The van der Waals surface area contributed by atoms with Crippen LogP contribution in [0.25, 0.3) is 0 Å². The van der Waals surface area contributed by atoms with Gasteiger partial charge in [0, 0.05) is 11.5 Å². The molecule has 0 fully saturated rings. The Hall–Kier alpha value is -0.920. The van der Waals surface area contributed by atoms with E-state index < -0.39 is 11.8 Å². The van der Waals surface area contributed by atoms with Gasteiger partial charge in [-0.1, -0.05) is 19.9 Å². The number of hydrogen-bond donors (Lipinski definition) is 0. The van der Waals surface area contributed by atoms with Gasteiger partial charge in [0.25, 0.3) is 5.92 Å². The van der Waals surface area contributed by atoms with Crippen molar-refractivity contribution < 1.29 is 8.78 Å². The third-order valence-corrected chi connectivity index (χ3v) is 2.92. The Morgan fingerprint density at radius 2 is 1.40 bits per heavy atom. The highest BCUT2D eigenvalue weighted by Crippen LogP contribution is 2.38. The molecule has 1 aromatic rings. The van der Waals surface area contributed by atoms with E-state index in [0.29, 0.717) is 5.56 Å². The molecule has 15 heavy (non-hydrogen) atoms. The van der Waals surface area contributed by atoms with E-state index in [4.69, 9.17) is 0 Å². The molecule has 0 aliphatic rings. The van der Waals surface area contributed by atoms with Crippen molar-refractivity contribution in [1.82, 2.24) is 0 Å². The Balaban J connectivity index is 3.32. The number of halogens is 2. The molecule has 0 amide bonds. The van der Waals surface area contributed by atoms with Crippen molar-refractivity contribution >= 4 is 0 Å². The summed E-state index contributed by atoms with van der Waals surface area (Å²) in [5.74, 6) is -3.40. The summed E-state index contributed by atoms with van der Waals surface area (Å²) in [5.41, 5.74) is 2.84. The molecule has 2 heteroatoms. The summed E-state index contributed by atoms with van der Waals surface area (Å²) >= 11 is 0. The Morgan fingerprint density at radius 3 is 1.87 bits per heavy atom. The molecule has 0 atom stereocenters. The van der Waals surface area contributed by atoms with Gasteiger partial charge >= 0.3 is 0 Å². The van der Waals surface area contributed by atoms with Crippen molar-refractivity contribution in [1.29, 1.82) is 0 Å². The zero-order valence-corrected chi connectivity index (χ0v) is 9.99. The van der Waals surface area contributed by atoms with Crippen molar-refractivity contribution in [2.45, 2.75) is 40.5 Å². The van der Waals surface area contributed by atoms with Crippen molar-refractivity contribution in [3.63, 3.8) is 0 Å². The van der Waals surface area contributed by atoms with Gasteiger partial charge in [0.05, 0.1) is 0 Å². The molecule has 1 aromatic carbocycles. The van der Waals surface area contributed by atoms with Gasteiger partial charge in [-0.15, -0.1) is 0 Å². The van der Waals surface area contributed by atoms with Crippen LogP contribution in [-0.2, 0) is 5.92 Å². The van der Waals surface area contributed by atoms with Gasteiger partial charge in [-0.05, 0) is 43.5 Å². The van der Waals surface area contributed by atoms with Gasteiger partial charge in [0.15, 0.2) is 0 Å². The van der Waals surface area contributed by atoms with Crippen LogP contribution in [0.1, 0.15) is 36.1 Å². The summed E-state index contributed by atoms with van der Waals surface area (Å²) in [7, 11) is 0. The van der Waals surface area contributed by atoms with Crippen LogP contribution < -0.4 is 0 Å². The molecule has 0 nitrogen and oxygen atoms in total. The Kier molecular flexibility index (Phi) is 3.17. The summed E-state index contributed by atoms with van der Waals surface area (Å²) < 4.78 is 27.7. The zero-order valence-electron chi connectivity index (χ0n) is 9.99. The first-order valence-electron chi connectivity index (χ1n) is 5.23. The number of aryl methyl sites for hydroxylation is 3. The summed E-state index contributed by atoms with van der Waals surface area (Å²) in [4.78, 5) is 0. The van der Waals surface area contributed by atoms with E-state index in [1.807, 2.05) is 19.9 Å². The van der Waals surface area contributed by atoms with E-state index >= 15 is 0 Å². The number of rotatable bonds is 2. The van der Waals surface area contributed by atoms with E-state index in [0.717, 1.165) is 11.1 Å². The molecule has 0 unspecified atom stereocenters. The predicted octanol–water partition coefficient (Wildman–Crippen LogP) is 4.36. The third kappa shape index (κ3) is 2.19. The van der Waals surface area contributed by atoms with Gasteiger partial charge < -0.3 is 0 Å². The molecule has 0 spiro atoms. The largest absolute Gasteiger partial charge is 0.275 e. The van der Waals surface area contributed by atoms with Crippen molar-refractivity contribution in [3.8, 4) is 0 Å². The highest BCUT2D eigenvalue weighted by atomic mass is 19.3. The lowest BCUT2D eigenvalue weighted by Gasteiger charge is -2.23. The van der Waals surface area contributed by atoms with Gasteiger partial charge in [-0.3, -0.25) is 0 Å². The van der Waals surface area contributed by atoms with E-state index in [1.165, 1.54) is 0 Å². The predicted molar refractivity (Wildman–Crippen MR) is 59.4 cm³/mol. The van der Waals surface area contributed by atoms with Crippen LogP contribution in [0.2, 0.25) is 0 Å². The normalized spacial score (nSPS) is 12.3. The van der Waals surface area contributed by atoms with Crippen LogP contribution in [0.5, 0.6) is 0 Å². The highest BCUT2D eigenvalue weighted by molar-refractivity contribution is 5.39. The van der Waals surface area contributed by atoms with E-state index in [1.54, 1.807) is 26.8 Å². The Labute approximate surface area is 90.3 Å². The second kappa shape index (κ2) is 3.92. The molecule has 0 aliphatic carbocycles. The minimum atomic E-state index is -2.73. The minimum Gasteiger partial charge on any atom is -0.201 e. The highest BCUT2D eigenvalue weighted by Gasteiger charge is 2.36.